The van der Waals surface area contributed by atoms with Crippen LogP contribution < -0.4 is 5.32 Å². The Labute approximate surface area is 204 Å². The Kier molecular flexibility index (Phi) is 6.73. The number of nitrogens with zero attached hydrogens (tertiary/aromatic N) is 4. The summed E-state index contributed by atoms with van der Waals surface area (Å²) < 4.78 is 27.7. The number of carbonyl (C=O) groups is 1. The monoisotopic (exact) mass is 479 g/mol. The van der Waals surface area contributed by atoms with Crippen molar-refractivity contribution in [2.45, 2.75) is 63.3 Å². The molecular formula is C27H31F2N5O. The minimum absolute atomic E-state index is 0.188. The molecule has 1 unspecified atom stereocenters. The standard InChI is InChI=1S/C27H31F2N5O/c1-18-9-10-21-22(7-4-8-23(21)33-18)26(35)32-17-24(34-13-11-27(28,29)12-14-34)20-15-30-25(31-16-20)19-5-2-3-6-19/h4,7-10,15-16,19,24H,2-3,5-6,11-14,17H2,1H3,(H,32,35). The molecule has 1 N–H and O–H groups in total. The lowest BCUT2D eigenvalue weighted by molar-refractivity contribution is -0.0632. The van der Waals surface area contributed by atoms with E-state index in [9.17, 15) is 13.6 Å². The minimum Gasteiger partial charge on any atom is -0.350 e. The van der Waals surface area contributed by atoms with Gasteiger partial charge in [0, 0.05) is 73.0 Å². The quantitative estimate of drug-likeness (QED) is 0.527. The summed E-state index contributed by atoms with van der Waals surface area (Å²) in [6.07, 6.45) is 7.88. The number of amides is 1. The molecule has 1 atom stereocenters. The maximum absolute atomic E-state index is 13.9. The fourth-order valence-corrected chi connectivity index (χ4v) is 5.27. The fraction of sp³-hybridized carbons (Fsp3) is 0.481. The van der Waals surface area contributed by atoms with Crippen molar-refractivity contribution < 1.29 is 13.6 Å². The van der Waals surface area contributed by atoms with E-state index in [1.54, 1.807) is 6.07 Å². The summed E-state index contributed by atoms with van der Waals surface area (Å²) >= 11 is 0. The Morgan fingerprint density at radius 2 is 1.83 bits per heavy atom. The van der Waals surface area contributed by atoms with Gasteiger partial charge < -0.3 is 5.32 Å². The second-order valence-electron chi connectivity index (χ2n) is 9.80. The molecule has 1 aliphatic heterocycles. The average Bonchev–Trinajstić information content (AvgIpc) is 3.40. The first-order chi connectivity index (χ1) is 16.9. The molecule has 2 aromatic heterocycles. The number of halogens is 2. The van der Waals surface area contributed by atoms with Crippen LogP contribution in [0.4, 0.5) is 8.78 Å². The summed E-state index contributed by atoms with van der Waals surface area (Å²) in [7, 11) is 0. The number of pyridine rings is 1. The zero-order valence-corrected chi connectivity index (χ0v) is 20.0. The summed E-state index contributed by atoms with van der Waals surface area (Å²) in [4.78, 5) is 29.0. The predicted molar refractivity (Wildman–Crippen MR) is 131 cm³/mol. The van der Waals surface area contributed by atoms with Crippen LogP contribution in [0.15, 0.2) is 42.7 Å². The van der Waals surface area contributed by atoms with Gasteiger partial charge in [0.15, 0.2) is 0 Å². The molecule has 1 aromatic carbocycles. The Morgan fingerprint density at radius 1 is 1.11 bits per heavy atom. The predicted octanol–water partition coefficient (Wildman–Crippen LogP) is 5.19. The number of aryl methyl sites for hydroxylation is 1. The van der Waals surface area contributed by atoms with E-state index < -0.39 is 5.92 Å². The number of hydrogen-bond acceptors (Lipinski definition) is 5. The van der Waals surface area contributed by atoms with E-state index in [0.717, 1.165) is 40.8 Å². The molecule has 35 heavy (non-hydrogen) atoms. The molecule has 3 aromatic rings. The van der Waals surface area contributed by atoms with Gasteiger partial charge in [-0.3, -0.25) is 14.7 Å². The van der Waals surface area contributed by atoms with Crippen molar-refractivity contribution in [2.24, 2.45) is 0 Å². The van der Waals surface area contributed by atoms with Gasteiger partial charge in [-0.2, -0.15) is 0 Å². The molecular weight excluding hydrogens is 448 g/mol. The highest BCUT2D eigenvalue weighted by atomic mass is 19.3. The summed E-state index contributed by atoms with van der Waals surface area (Å²) in [6, 6.07) is 9.02. The van der Waals surface area contributed by atoms with Crippen LogP contribution in [-0.2, 0) is 0 Å². The third kappa shape index (κ3) is 5.32. The molecule has 1 saturated heterocycles. The molecule has 3 heterocycles. The number of aromatic nitrogens is 3. The number of alkyl halides is 2. The lowest BCUT2D eigenvalue weighted by Gasteiger charge is -2.37. The first-order valence-electron chi connectivity index (χ1n) is 12.5. The van der Waals surface area contributed by atoms with Crippen molar-refractivity contribution in [3.63, 3.8) is 0 Å². The zero-order valence-electron chi connectivity index (χ0n) is 20.0. The number of fused-ring (bicyclic) bond motifs is 1. The number of carbonyl (C=O) groups excluding carboxylic acids is 1. The molecule has 1 saturated carbocycles. The highest BCUT2D eigenvalue weighted by molar-refractivity contribution is 6.06. The molecule has 1 amide bonds. The van der Waals surface area contributed by atoms with Gasteiger partial charge in [-0.1, -0.05) is 25.0 Å². The fourth-order valence-electron chi connectivity index (χ4n) is 5.27. The maximum atomic E-state index is 13.9. The molecule has 8 heteroatoms. The average molecular weight is 480 g/mol. The largest absolute Gasteiger partial charge is 0.350 e. The topological polar surface area (TPSA) is 71.0 Å². The Balaban J connectivity index is 1.36. The molecule has 0 bridgehead atoms. The lowest BCUT2D eigenvalue weighted by atomic mass is 10.0. The van der Waals surface area contributed by atoms with E-state index in [1.807, 2.05) is 48.5 Å². The zero-order chi connectivity index (χ0) is 24.4. The summed E-state index contributed by atoms with van der Waals surface area (Å²) in [6.45, 7) is 2.72. The number of nitrogens with one attached hydrogen (secondary N) is 1. The maximum Gasteiger partial charge on any atom is 0.252 e. The third-order valence-electron chi connectivity index (χ3n) is 7.34. The van der Waals surface area contributed by atoms with E-state index in [-0.39, 0.29) is 44.4 Å². The SMILES string of the molecule is Cc1ccc2c(C(=O)NCC(c3cnc(C4CCCC4)nc3)N3CCC(F)(F)CC3)cccc2n1. The first kappa shape index (κ1) is 23.7. The van der Waals surface area contributed by atoms with Crippen LogP contribution >= 0.6 is 0 Å². The molecule has 2 aliphatic rings. The van der Waals surface area contributed by atoms with Crippen LogP contribution in [0.2, 0.25) is 0 Å². The van der Waals surface area contributed by atoms with Crippen LogP contribution in [0.1, 0.15) is 77.9 Å². The van der Waals surface area contributed by atoms with Gasteiger partial charge in [-0.05, 0) is 38.0 Å². The second kappa shape index (κ2) is 9.93. The Hall–Kier alpha value is -3.00. The van der Waals surface area contributed by atoms with Crippen LogP contribution in [0, 0.1) is 6.92 Å². The van der Waals surface area contributed by atoms with Crippen molar-refractivity contribution in [1.29, 1.82) is 0 Å². The normalized spacial score (nSPS) is 19.6. The van der Waals surface area contributed by atoms with Gasteiger partial charge in [0.1, 0.15) is 5.82 Å². The third-order valence-corrected chi connectivity index (χ3v) is 7.34. The molecule has 2 fully saturated rings. The van der Waals surface area contributed by atoms with E-state index in [1.165, 1.54) is 12.8 Å². The van der Waals surface area contributed by atoms with Crippen LogP contribution in [-0.4, -0.2) is 51.3 Å². The van der Waals surface area contributed by atoms with Gasteiger partial charge in [-0.15, -0.1) is 0 Å². The van der Waals surface area contributed by atoms with Gasteiger partial charge in [0.2, 0.25) is 0 Å². The highest BCUT2D eigenvalue weighted by Gasteiger charge is 2.37. The van der Waals surface area contributed by atoms with Crippen LogP contribution in [0.25, 0.3) is 10.9 Å². The van der Waals surface area contributed by atoms with Crippen LogP contribution in [0.3, 0.4) is 0 Å². The van der Waals surface area contributed by atoms with E-state index in [0.29, 0.717) is 11.5 Å². The van der Waals surface area contributed by atoms with Crippen molar-refractivity contribution in [3.8, 4) is 0 Å². The summed E-state index contributed by atoms with van der Waals surface area (Å²) in [5.41, 5.74) is 3.04. The van der Waals surface area contributed by atoms with Gasteiger partial charge in [0.05, 0.1) is 11.6 Å². The summed E-state index contributed by atoms with van der Waals surface area (Å²) in [5.74, 6) is -1.59. The van der Waals surface area contributed by atoms with Crippen molar-refractivity contribution >= 4 is 16.8 Å². The molecule has 1 aliphatic carbocycles. The van der Waals surface area contributed by atoms with Crippen LogP contribution in [0.5, 0.6) is 0 Å². The minimum atomic E-state index is -2.64. The highest BCUT2D eigenvalue weighted by Crippen LogP contribution is 2.34. The molecule has 0 radical (unpaired) electrons. The number of likely N-dealkylation sites (tertiary alicyclic amines) is 1. The molecule has 184 valence electrons. The van der Waals surface area contributed by atoms with Crippen molar-refractivity contribution in [1.82, 2.24) is 25.2 Å². The number of rotatable bonds is 6. The second-order valence-corrected chi connectivity index (χ2v) is 9.80. The van der Waals surface area contributed by atoms with Crippen molar-refractivity contribution in [3.05, 3.63) is 65.4 Å². The Morgan fingerprint density at radius 3 is 2.54 bits per heavy atom. The number of benzene rings is 1. The lowest BCUT2D eigenvalue weighted by Crippen LogP contribution is -2.45. The van der Waals surface area contributed by atoms with Gasteiger partial charge in [-0.25, -0.2) is 18.7 Å². The summed E-state index contributed by atoms with van der Waals surface area (Å²) in [5, 5.41) is 3.83. The van der Waals surface area contributed by atoms with Gasteiger partial charge in [0.25, 0.3) is 11.8 Å². The van der Waals surface area contributed by atoms with Crippen molar-refractivity contribution in [2.75, 3.05) is 19.6 Å². The number of piperidine rings is 1. The molecule has 5 rings (SSSR count). The first-order valence-corrected chi connectivity index (χ1v) is 12.5. The smallest absolute Gasteiger partial charge is 0.252 e. The molecule has 0 spiro atoms. The van der Waals surface area contributed by atoms with E-state index in [2.05, 4.69) is 20.3 Å². The number of hydrogen-bond donors (Lipinski definition) is 1. The van der Waals surface area contributed by atoms with E-state index >= 15 is 0 Å². The Bertz CT molecular complexity index is 1180. The van der Waals surface area contributed by atoms with Gasteiger partial charge >= 0.3 is 0 Å². The molecule has 6 nitrogen and oxygen atoms in total. The van der Waals surface area contributed by atoms with E-state index in [4.69, 9.17) is 0 Å².